The number of carbonyl (C=O) groups is 1. The standard InChI is InChI=1S/C15H29N3O.2ClH/c1-12(2)18-10-6-14(7-11-18)17(3)15(19)13-4-8-16-9-5-13;;/h12-14,16H,4-11H2,1-3H3;2*1H. The maximum Gasteiger partial charge on any atom is 0.225 e. The summed E-state index contributed by atoms with van der Waals surface area (Å²) in [7, 11) is 2.01. The molecule has 4 nitrogen and oxygen atoms in total. The van der Waals surface area contributed by atoms with Crippen LogP contribution in [0.1, 0.15) is 39.5 Å². The molecule has 2 aliphatic heterocycles. The molecule has 2 saturated heterocycles. The molecule has 2 aliphatic rings. The van der Waals surface area contributed by atoms with Crippen molar-refractivity contribution < 1.29 is 4.79 Å². The summed E-state index contributed by atoms with van der Waals surface area (Å²) in [6.45, 7) is 8.76. The maximum absolute atomic E-state index is 12.5. The van der Waals surface area contributed by atoms with Crippen LogP contribution in [0.4, 0.5) is 0 Å². The first-order valence-corrected chi connectivity index (χ1v) is 7.81. The highest BCUT2D eigenvalue weighted by Gasteiger charge is 2.30. The van der Waals surface area contributed by atoms with E-state index in [0.717, 1.165) is 51.9 Å². The molecule has 0 aliphatic carbocycles. The van der Waals surface area contributed by atoms with Gasteiger partial charge in [-0.1, -0.05) is 0 Å². The molecule has 0 atom stereocenters. The van der Waals surface area contributed by atoms with Gasteiger partial charge in [-0.25, -0.2) is 0 Å². The van der Waals surface area contributed by atoms with Gasteiger partial charge in [0.2, 0.25) is 5.91 Å². The SMILES string of the molecule is CC(C)N1CCC(N(C)C(=O)C2CCNCC2)CC1.Cl.Cl. The number of nitrogens with one attached hydrogen (secondary N) is 1. The van der Waals surface area contributed by atoms with Gasteiger partial charge in [0.25, 0.3) is 0 Å². The van der Waals surface area contributed by atoms with Crippen LogP contribution >= 0.6 is 24.8 Å². The molecule has 0 aromatic carbocycles. The second kappa shape index (κ2) is 9.88. The highest BCUT2D eigenvalue weighted by molar-refractivity contribution is 5.85. The van der Waals surface area contributed by atoms with Crippen LogP contribution in [0, 0.1) is 5.92 Å². The molecule has 1 amide bonds. The van der Waals surface area contributed by atoms with Gasteiger partial charge in [0.1, 0.15) is 0 Å². The quantitative estimate of drug-likeness (QED) is 0.855. The molecule has 0 aromatic rings. The summed E-state index contributed by atoms with van der Waals surface area (Å²) < 4.78 is 0. The lowest BCUT2D eigenvalue weighted by Crippen LogP contribution is -2.49. The Kier molecular flexibility index (Phi) is 9.87. The molecule has 126 valence electrons. The monoisotopic (exact) mass is 339 g/mol. The van der Waals surface area contributed by atoms with Gasteiger partial charge in [0.05, 0.1) is 0 Å². The number of piperidine rings is 2. The number of rotatable bonds is 3. The zero-order valence-corrected chi connectivity index (χ0v) is 15.1. The molecule has 0 unspecified atom stereocenters. The molecule has 0 spiro atoms. The fraction of sp³-hybridized carbons (Fsp3) is 0.933. The van der Waals surface area contributed by atoms with Gasteiger partial charge in [0.15, 0.2) is 0 Å². The minimum atomic E-state index is 0. The van der Waals surface area contributed by atoms with Crippen molar-refractivity contribution in [3.8, 4) is 0 Å². The fourth-order valence-corrected chi connectivity index (χ4v) is 3.33. The van der Waals surface area contributed by atoms with Crippen molar-refractivity contribution in [2.24, 2.45) is 5.92 Å². The summed E-state index contributed by atoms with van der Waals surface area (Å²) in [6, 6.07) is 1.09. The Morgan fingerprint density at radius 2 is 1.62 bits per heavy atom. The largest absolute Gasteiger partial charge is 0.342 e. The number of nitrogens with zero attached hydrogens (tertiary/aromatic N) is 2. The fourth-order valence-electron chi connectivity index (χ4n) is 3.33. The van der Waals surface area contributed by atoms with Crippen molar-refractivity contribution in [2.75, 3.05) is 33.2 Å². The van der Waals surface area contributed by atoms with E-state index in [9.17, 15) is 4.79 Å². The van der Waals surface area contributed by atoms with Gasteiger partial charge in [-0.15, -0.1) is 24.8 Å². The third-order valence-corrected chi connectivity index (χ3v) is 4.81. The van der Waals surface area contributed by atoms with E-state index in [4.69, 9.17) is 0 Å². The number of likely N-dealkylation sites (tertiary alicyclic amines) is 1. The van der Waals surface area contributed by atoms with Gasteiger partial charge in [-0.2, -0.15) is 0 Å². The normalized spacial score (nSPS) is 21.5. The Labute approximate surface area is 141 Å². The predicted octanol–water partition coefficient (Wildman–Crippen LogP) is 2.16. The van der Waals surface area contributed by atoms with Crippen LogP contribution in [-0.4, -0.2) is 61.0 Å². The van der Waals surface area contributed by atoms with E-state index >= 15 is 0 Å². The minimum absolute atomic E-state index is 0. The summed E-state index contributed by atoms with van der Waals surface area (Å²) >= 11 is 0. The lowest BCUT2D eigenvalue weighted by Gasteiger charge is -2.40. The Morgan fingerprint density at radius 3 is 2.10 bits per heavy atom. The van der Waals surface area contributed by atoms with E-state index in [1.807, 2.05) is 11.9 Å². The van der Waals surface area contributed by atoms with Gasteiger partial charge in [-0.3, -0.25) is 4.79 Å². The van der Waals surface area contributed by atoms with Crippen LogP contribution in [0.2, 0.25) is 0 Å². The summed E-state index contributed by atoms with van der Waals surface area (Å²) in [6.07, 6.45) is 4.28. The molecule has 2 fully saturated rings. The second-order valence-corrected chi connectivity index (χ2v) is 6.33. The van der Waals surface area contributed by atoms with Crippen LogP contribution < -0.4 is 5.32 Å². The maximum atomic E-state index is 12.5. The van der Waals surface area contributed by atoms with E-state index in [-0.39, 0.29) is 30.7 Å². The van der Waals surface area contributed by atoms with Crippen LogP contribution in [0.25, 0.3) is 0 Å². The Hall–Kier alpha value is -0.0300. The smallest absolute Gasteiger partial charge is 0.225 e. The minimum Gasteiger partial charge on any atom is -0.342 e. The Balaban J connectivity index is 0.00000200. The molecule has 1 N–H and O–H groups in total. The molecule has 2 heterocycles. The first-order valence-electron chi connectivity index (χ1n) is 7.81. The zero-order chi connectivity index (χ0) is 13.8. The number of carbonyl (C=O) groups excluding carboxylic acids is 1. The van der Waals surface area contributed by atoms with Gasteiger partial charge < -0.3 is 15.1 Å². The summed E-state index contributed by atoms with van der Waals surface area (Å²) in [5, 5.41) is 3.33. The lowest BCUT2D eigenvalue weighted by atomic mass is 9.94. The van der Waals surface area contributed by atoms with Gasteiger partial charge >= 0.3 is 0 Å². The van der Waals surface area contributed by atoms with Crippen LogP contribution in [-0.2, 0) is 4.79 Å². The molecule has 0 radical (unpaired) electrons. The first kappa shape index (κ1) is 21.0. The Bertz CT molecular complexity index is 301. The van der Waals surface area contributed by atoms with Gasteiger partial charge in [0, 0.05) is 38.1 Å². The average Bonchev–Trinajstić information content (AvgIpc) is 2.46. The van der Waals surface area contributed by atoms with Crippen molar-refractivity contribution >= 4 is 30.7 Å². The van der Waals surface area contributed by atoms with Crippen molar-refractivity contribution in [2.45, 2.75) is 51.6 Å². The van der Waals surface area contributed by atoms with E-state index < -0.39 is 0 Å². The van der Waals surface area contributed by atoms with Crippen LogP contribution in [0.5, 0.6) is 0 Å². The van der Waals surface area contributed by atoms with Crippen LogP contribution in [0.3, 0.4) is 0 Å². The number of amides is 1. The molecule has 0 aromatic heterocycles. The molecule has 0 saturated carbocycles. The van der Waals surface area contributed by atoms with Crippen molar-refractivity contribution in [1.29, 1.82) is 0 Å². The highest BCUT2D eigenvalue weighted by Crippen LogP contribution is 2.21. The number of hydrogen-bond donors (Lipinski definition) is 1. The van der Waals surface area contributed by atoms with Crippen LogP contribution in [0.15, 0.2) is 0 Å². The molecular weight excluding hydrogens is 309 g/mol. The second-order valence-electron chi connectivity index (χ2n) is 6.33. The molecular formula is C15H31Cl2N3O. The Morgan fingerprint density at radius 1 is 1.10 bits per heavy atom. The molecule has 6 heteroatoms. The number of hydrogen-bond acceptors (Lipinski definition) is 3. The van der Waals surface area contributed by atoms with E-state index in [0.29, 0.717) is 18.0 Å². The van der Waals surface area contributed by atoms with Crippen molar-refractivity contribution in [1.82, 2.24) is 15.1 Å². The third-order valence-electron chi connectivity index (χ3n) is 4.81. The predicted molar refractivity (Wildman–Crippen MR) is 92.6 cm³/mol. The van der Waals surface area contributed by atoms with E-state index in [2.05, 4.69) is 24.1 Å². The molecule has 21 heavy (non-hydrogen) atoms. The summed E-state index contributed by atoms with van der Waals surface area (Å²) in [5.74, 6) is 0.638. The third kappa shape index (κ3) is 5.59. The van der Waals surface area contributed by atoms with Crippen molar-refractivity contribution in [3.63, 3.8) is 0 Å². The summed E-state index contributed by atoms with van der Waals surface area (Å²) in [4.78, 5) is 17.1. The van der Waals surface area contributed by atoms with E-state index in [1.54, 1.807) is 0 Å². The zero-order valence-electron chi connectivity index (χ0n) is 13.5. The molecule has 2 rings (SSSR count). The number of halogens is 2. The highest BCUT2D eigenvalue weighted by atomic mass is 35.5. The summed E-state index contributed by atoms with van der Waals surface area (Å²) in [5.41, 5.74) is 0. The van der Waals surface area contributed by atoms with Crippen molar-refractivity contribution in [3.05, 3.63) is 0 Å². The first-order chi connectivity index (χ1) is 9.09. The topological polar surface area (TPSA) is 35.6 Å². The molecule has 0 bridgehead atoms. The lowest BCUT2D eigenvalue weighted by molar-refractivity contribution is -0.138. The average molecular weight is 340 g/mol. The van der Waals surface area contributed by atoms with Gasteiger partial charge in [-0.05, 0) is 52.6 Å². The van der Waals surface area contributed by atoms with E-state index in [1.165, 1.54) is 0 Å².